The molecule has 0 radical (unpaired) electrons. The van der Waals surface area contributed by atoms with Crippen LogP contribution in [-0.4, -0.2) is 47.3 Å². The first-order chi connectivity index (χ1) is 15.9. The van der Waals surface area contributed by atoms with Crippen molar-refractivity contribution in [3.05, 3.63) is 71.5 Å². The van der Waals surface area contributed by atoms with Crippen LogP contribution in [-0.2, 0) is 11.3 Å². The number of ether oxygens (including phenoxy) is 2. The number of aromatic carboxylic acids is 1. The van der Waals surface area contributed by atoms with Crippen molar-refractivity contribution in [3.63, 3.8) is 0 Å². The van der Waals surface area contributed by atoms with E-state index >= 15 is 0 Å². The Hall–Kier alpha value is -3.45. The molecule has 33 heavy (non-hydrogen) atoms. The predicted molar refractivity (Wildman–Crippen MR) is 125 cm³/mol. The van der Waals surface area contributed by atoms with Crippen LogP contribution in [0.1, 0.15) is 41.4 Å². The predicted octanol–water partition coefficient (Wildman–Crippen LogP) is 4.38. The zero-order valence-corrected chi connectivity index (χ0v) is 18.8. The minimum Gasteiger partial charge on any atom is -0.487 e. The number of anilines is 1. The van der Waals surface area contributed by atoms with Crippen LogP contribution in [0, 0.1) is 5.41 Å². The maximum atomic E-state index is 11.6. The monoisotopic (exact) mass is 445 g/mol. The van der Waals surface area contributed by atoms with Crippen LogP contribution in [0.15, 0.2) is 54.7 Å². The molecule has 7 nitrogen and oxygen atoms in total. The van der Waals surface area contributed by atoms with E-state index in [0.717, 1.165) is 60.4 Å². The fourth-order valence-corrected chi connectivity index (χ4v) is 4.48. The molecule has 3 aromatic rings. The molecular weight excluding hydrogens is 418 g/mol. The second kappa shape index (κ2) is 8.48. The third-order valence-electron chi connectivity index (χ3n) is 6.33. The quantitative estimate of drug-likeness (QED) is 0.578. The van der Waals surface area contributed by atoms with Gasteiger partial charge in [0.2, 0.25) is 5.95 Å². The number of carboxylic acid groups (broad SMARTS) is 1. The number of carbonyl (C=O) groups is 1. The molecule has 0 aliphatic carbocycles. The van der Waals surface area contributed by atoms with Crippen molar-refractivity contribution in [2.45, 2.75) is 26.4 Å². The van der Waals surface area contributed by atoms with Crippen LogP contribution >= 0.6 is 0 Å². The summed E-state index contributed by atoms with van der Waals surface area (Å²) in [7, 11) is 0. The van der Waals surface area contributed by atoms with E-state index in [9.17, 15) is 9.90 Å². The van der Waals surface area contributed by atoms with E-state index in [1.165, 1.54) is 0 Å². The third-order valence-corrected chi connectivity index (χ3v) is 6.33. The lowest BCUT2D eigenvalue weighted by Gasteiger charge is -2.54. The lowest BCUT2D eigenvalue weighted by Crippen LogP contribution is -2.66. The van der Waals surface area contributed by atoms with Crippen molar-refractivity contribution in [2.75, 3.05) is 31.2 Å². The van der Waals surface area contributed by atoms with E-state index in [-0.39, 0.29) is 5.92 Å². The zero-order valence-electron chi connectivity index (χ0n) is 18.8. The molecular formula is C26H27N3O4. The van der Waals surface area contributed by atoms with E-state index in [2.05, 4.69) is 14.9 Å². The summed E-state index contributed by atoms with van der Waals surface area (Å²) in [6.45, 7) is 7.84. The van der Waals surface area contributed by atoms with E-state index in [0.29, 0.717) is 17.6 Å². The Morgan fingerprint density at radius 2 is 1.97 bits per heavy atom. The van der Waals surface area contributed by atoms with Crippen LogP contribution in [0.4, 0.5) is 5.95 Å². The summed E-state index contributed by atoms with van der Waals surface area (Å²) < 4.78 is 11.5. The first kappa shape index (κ1) is 21.4. The first-order valence-corrected chi connectivity index (χ1v) is 11.2. The fourth-order valence-electron chi connectivity index (χ4n) is 4.48. The molecule has 7 heteroatoms. The van der Waals surface area contributed by atoms with Gasteiger partial charge in [-0.3, -0.25) is 0 Å². The lowest BCUT2D eigenvalue weighted by atomic mass is 9.78. The molecule has 1 spiro atoms. The summed E-state index contributed by atoms with van der Waals surface area (Å²) in [6, 6.07) is 15.1. The van der Waals surface area contributed by atoms with Crippen molar-refractivity contribution in [3.8, 4) is 16.9 Å². The second-order valence-corrected chi connectivity index (χ2v) is 9.24. The molecule has 1 aromatic heterocycles. The summed E-state index contributed by atoms with van der Waals surface area (Å²) >= 11 is 0. The van der Waals surface area contributed by atoms with Gasteiger partial charge in [-0.2, -0.15) is 0 Å². The van der Waals surface area contributed by atoms with Gasteiger partial charge in [0.05, 0.1) is 29.9 Å². The van der Waals surface area contributed by atoms with Crippen LogP contribution < -0.4 is 9.64 Å². The van der Waals surface area contributed by atoms with Crippen molar-refractivity contribution >= 4 is 11.9 Å². The van der Waals surface area contributed by atoms with Crippen molar-refractivity contribution in [1.82, 2.24) is 9.97 Å². The number of aromatic nitrogens is 2. The molecule has 2 aliphatic rings. The number of carboxylic acids is 1. The van der Waals surface area contributed by atoms with Crippen molar-refractivity contribution in [2.24, 2.45) is 5.41 Å². The van der Waals surface area contributed by atoms with Gasteiger partial charge in [0.1, 0.15) is 12.4 Å². The van der Waals surface area contributed by atoms with Gasteiger partial charge in [-0.1, -0.05) is 38.1 Å². The number of rotatable bonds is 7. The van der Waals surface area contributed by atoms with Crippen molar-refractivity contribution < 1.29 is 19.4 Å². The van der Waals surface area contributed by atoms with E-state index in [4.69, 9.17) is 9.47 Å². The first-order valence-electron chi connectivity index (χ1n) is 11.2. The Labute approximate surface area is 193 Å². The minimum absolute atomic E-state index is 0.0933. The molecule has 0 amide bonds. The molecule has 2 fully saturated rings. The molecule has 0 saturated carbocycles. The molecule has 5 rings (SSSR count). The van der Waals surface area contributed by atoms with Crippen LogP contribution in [0.3, 0.4) is 0 Å². The molecule has 2 aliphatic heterocycles. The fraction of sp³-hybridized carbons (Fsp3) is 0.346. The van der Waals surface area contributed by atoms with Gasteiger partial charge in [0.25, 0.3) is 0 Å². The maximum Gasteiger partial charge on any atom is 0.335 e. The normalized spacial score (nSPS) is 16.4. The number of benzene rings is 2. The zero-order chi connectivity index (χ0) is 23.0. The summed E-state index contributed by atoms with van der Waals surface area (Å²) in [5, 5.41) is 9.52. The van der Waals surface area contributed by atoms with Crippen LogP contribution in [0.5, 0.6) is 5.75 Å². The minimum atomic E-state index is -0.910. The Morgan fingerprint density at radius 1 is 1.18 bits per heavy atom. The molecule has 0 atom stereocenters. The molecule has 3 heterocycles. The molecule has 0 bridgehead atoms. The summed E-state index contributed by atoms with van der Waals surface area (Å²) in [4.78, 5) is 22.9. The van der Waals surface area contributed by atoms with Gasteiger partial charge in [-0.25, -0.2) is 14.8 Å². The van der Waals surface area contributed by atoms with Gasteiger partial charge < -0.3 is 19.5 Å². The number of hydrogen-bond acceptors (Lipinski definition) is 6. The third kappa shape index (κ3) is 4.16. The average molecular weight is 446 g/mol. The summed E-state index contributed by atoms with van der Waals surface area (Å²) in [6.07, 6.45) is 1.77. The van der Waals surface area contributed by atoms with Crippen LogP contribution in [0.25, 0.3) is 11.1 Å². The molecule has 170 valence electrons. The largest absolute Gasteiger partial charge is 0.487 e. The number of para-hydroxylation sites is 1. The SMILES string of the molecule is CC(C)c1cc(-c2ccccc2OCc2ccnc(N3CC4(COC4)C3)n2)ccc1C(=O)O. The Bertz CT molecular complexity index is 1180. The molecule has 1 N–H and O–H groups in total. The molecule has 0 unspecified atom stereocenters. The molecule has 2 saturated heterocycles. The van der Waals surface area contributed by atoms with E-state index < -0.39 is 5.97 Å². The van der Waals surface area contributed by atoms with Gasteiger partial charge in [0, 0.05) is 24.8 Å². The Balaban J connectivity index is 1.34. The topological polar surface area (TPSA) is 84.8 Å². The number of nitrogens with zero attached hydrogens (tertiary/aromatic N) is 3. The lowest BCUT2D eigenvalue weighted by molar-refractivity contribution is -0.127. The van der Waals surface area contributed by atoms with Crippen molar-refractivity contribution in [1.29, 1.82) is 0 Å². The highest BCUT2D eigenvalue weighted by Crippen LogP contribution is 2.39. The van der Waals surface area contributed by atoms with Gasteiger partial charge in [-0.15, -0.1) is 0 Å². The van der Waals surface area contributed by atoms with Gasteiger partial charge >= 0.3 is 5.97 Å². The van der Waals surface area contributed by atoms with Gasteiger partial charge in [-0.05, 0) is 41.3 Å². The van der Waals surface area contributed by atoms with Gasteiger partial charge in [0.15, 0.2) is 0 Å². The Kier molecular flexibility index (Phi) is 5.50. The average Bonchev–Trinajstić information content (AvgIpc) is 2.76. The Morgan fingerprint density at radius 3 is 2.67 bits per heavy atom. The smallest absolute Gasteiger partial charge is 0.335 e. The van der Waals surface area contributed by atoms with E-state index in [1.54, 1.807) is 12.3 Å². The highest BCUT2D eigenvalue weighted by atomic mass is 16.5. The second-order valence-electron chi connectivity index (χ2n) is 9.24. The van der Waals surface area contributed by atoms with E-state index in [1.807, 2.05) is 56.3 Å². The highest BCUT2D eigenvalue weighted by molar-refractivity contribution is 5.91. The number of hydrogen-bond donors (Lipinski definition) is 1. The summed E-state index contributed by atoms with van der Waals surface area (Å²) in [5.74, 6) is 0.640. The standard InChI is InChI=1S/C26H27N3O4/c1-17(2)22-11-18(7-8-21(22)24(30)31)20-5-3-4-6-23(20)33-12-19-9-10-27-25(28-19)29-13-26(14-29)15-32-16-26/h3-11,17H,12-16H2,1-2H3,(H,30,31). The maximum absolute atomic E-state index is 11.6. The highest BCUT2D eigenvalue weighted by Gasteiger charge is 2.49. The van der Waals surface area contributed by atoms with Crippen LogP contribution in [0.2, 0.25) is 0 Å². The molecule has 2 aromatic carbocycles. The summed E-state index contributed by atoms with van der Waals surface area (Å²) in [5.41, 5.74) is 4.10.